The molecule has 1 saturated heterocycles. The molecule has 32 heavy (non-hydrogen) atoms. The number of carbonyl (C=O) groups is 1. The Kier molecular flexibility index (Phi) is 5.08. The molecular weight excluding hydrogens is 400 g/mol. The molecule has 0 radical (unpaired) electrons. The fraction of sp³-hybridized carbons (Fsp3) is 0.346. The number of piperidine rings is 1. The van der Waals surface area contributed by atoms with Crippen molar-refractivity contribution in [2.45, 2.75) is 32.2 Å². The van der Waals surface area contributed by atoms with Crippen LogP contribution in [0.1, 0.15) is 31.0 Å². The van der Waals surface area contributed by atoms with E-state index in [0.717, 1.165) is 19.4 Å². The molecule has 2 aromatic carbocycles. The lowest BCUT2D eigenvalue weighted by Gasteiger charge is -2.53. The number of amides is 2. The van der Waals surface area contributed by atoms with Gasteiger partial charge in [0.2, 0.25) is 0 Å². The Hall–Kier alpha value is -3.41. The van der Waals surface area contributed by atoms with Gasteiger partial charge in [0, 0.05) is 31.5 Å². The number of fused-ring (bicyclic) bond motifs is 4. The van der Waals surface area contributed by atoms with Gasteiger partial charge in [-0.15, -0.1) is 0 Å². The molecule has 1 N–H and O–H groups in total. The van der Waals surface area contributed by atoms with Crippen molar-refractivity contribution < 1.29 is 9.53 Å². The van der Waals surface area contributed by atoms with Gasteiger partial charge < -0.3 is 24.4 Å². The Morgan fingerprint density at radius 1 is 1.06 bits per heavy atom. The Morgan fingerprint density at radius 3 is 2.59 bits per heavy atom. The van der Waals surface area contributed by atoms with E-state index in [0.29, 0.717) is 24.5 Å². The van der Waals surface area contributed by atoms with E-state index in [1.54, 1.807) is 7.11 Å². The smallest absolute Gasteiger partial charge is 0.321 e. The van der Waals surface area contributed by atoms with Gasteiger partial charge >= 0.3 is 6.03 Å². The minimum Gasteiger partial charge on any atom is -0.495 e. The number of para-hydroxylation sites is 2. The predicted octanol–water partition coefficient (Wildman–Crippen LogP) is 5.16. The Bertz CT molecular complexity index is 1140. The lowest BCUT2D eigenvalue weighted by atomic mass is 9.80. The normalized spacial score (nSPS) is 16.5. The molecular formula is C26H30N4O2. The monoisotopic (exact) mass is 430 g/mol. The van der Waals surface area contributed by atoms with Crippen molar-refractivity contribution in [3.8, 4) is 11.4 Å². The fourth-order valence-corrected chi connectivity index (χ4v) is 5.41. The zero-order valence-electron chi connectivity index (χ0n) is 19.0. The molecule has 5 rings (SSSR count). The molecule has 0 bridgehead atoms. The SMILES string of the molecule is CCN1c2cc(C)ccc2-n2cccc2C12CCN(C(=O)Nc1ccccc1OC)CC2. The summed E-state index contributed by atoms with van der Waals surface area (Å²) in [6, 6.07) is 18.5. The molecule has 6 nitrogen and oxygen atoms in total. The van der Waals surface area contributed by atoms with E-state index in [4.69, 9.17) is 4.74 Å². The largest absolute Gasteiger partial charge is 0.495 e. The molecule has 2 aliphatic rings. The quantitative estimate of drug-likeness (QED) is 0.625. The molecule has 3 aromatic rings. The number of aromatic nitrogens is 1. The topological polar surface area (TPSA) is 49.7 Å². The minimum absolute atomic E-state index is 0.0742. The van der Waals surface area contributed by atoms with E-state index in [-0.39, 0.29) is 11.6 Å². The number of benzene rings is 2. The van der Waals surface area contributed by atoms with Gasteiger partial charge in [-0.1, -0.05) is 18.2 Å². The molecule has 1 fully saturated rings. The van der Waals surface area contributed by atoms with Crippen LogP contribution in [0.25, 0.3) is 5.69 Å². The Morgan fingerprint density at radius 2 is 1.84 bits per heavy atom. The molecule has 0 aliphatic carbocycles. The number of urea groups is 1. The van der Waals surface area contributed by atoms with Gasteiger partial charge in [0.15, 0.2) is 0 Å². The van der Waals surface area contributed by atoms with Crippen molar-refractivity contribution in [1.29, 1.82) is 0 Å². The number of carbonyl (C=O) groups excluding carboxylic acids is 1. The fourth-order valence-electron chi connectivity index (χ4n) is 5.41. The molecule has 1 spiro atoms. The van der Waals surface area contributed by atoms with Crippen LogP contribution in [0.2, 0.25) is 0 Å². The third-order valence-electron chi connectivity index (χ3n) is 6.97. The average Bonchev–Trinajstić information content (AvgIpc) is 3.31. The standard InChI is InChI=1S/C26H30N4O2/c1-4-30-22-18-19(2)11-12-21(22)29-15-7-10-24(29)26(30)13-16-28(17-14-26)25(31)27-20-8-5-6-9-23(20)32-3/h5-12,15,18H,4,13-14,16-17H2,1-3H3,(H,27,31). The van der Waals surface area contributed by atoms with Crippen LogP contribution >= 0.6 is 0 Å². The lowest BCUT2D eigenvalue weighted by Crippen LogP contribution is -2.57. The van der Waals surface area contributed by atoms with E-state index in [2.05, 4.69) is 65.2 Å². The third-order valence-corrected chi connectivity index (χ3v) is 6.97. The lowest BCUT2D eigenvalue weighted by molar-refractivity contribution is 0.160. The molecule has 2 amide bonds. The number of hydrogen-bond donors (Lipinski definition) is 1. The highest BCUT2D eigenvalue weighted by Gasteiger charge is 2.46. The summed E-state index contributed by atoms with van der Waals surface area (Å²) in [5.74, 6) is 0.670. The summed E-state index contributed by atoms with van der Waals surface area (Å²) in [5.41, 5.74) is 5.69. The number of rotatable bonds is 3. The van der Waals surface area contributed by atoms with Gasteiger partial charge in [-0.2, -0.15) is 0 Å². The number of nitrogens with zero attached hydrogens (tertiary/aromatic N) is 3. The molecule has 1 aromatic heterocycles. The number of anilines is 2. The van der Waals surface area contributed by atoms with Crippen LogP contribution in [0.3, 0.4) is 0 Å². The molecule has 2 aliphatic heterocycles. The van der Waals surface area contributed by atoms with Gasteiger partial charge in [-0.25, -0.2) is 4.79 Å². The second-order valence-corrected chi connectivity index (χ2v) is 8.65. The van der Waals surface area contributed by atoms with Gasteiger partial charge in [0.05, 0.1) is 29.7 Å². The zero-order valence-corrected chi connectivity index (χ0v) is 19.0. The van der Waals surface area contributed by atoms with Crippen LogP contribution in [0.15, 0.2) is 60.8 Å². The molecule has 0 unspecified atom stereocenters. The maximum absolute atomic E-state index is 13.0. The summed E-state index contributed by atoms with van der Waals surface area (Å²) >= 11 is 0. The number of likely N-dealkylation sites (tertiary alicyclic amines) is 1. The van der Waals surface area contributed by atoms with Crippen molar-refractivity contribution in [3.63, 3.8) is 0 Å². The molecule has 0 atom stereocenters. The van der Waals surface area contributed by atoms with Crippen LogP contribution in [0.5, 0.6) is 5.75 Å². The van der Waals surface area contributed by atoms with Crippen molar-refractivity contribution in [2.24, 2.45) is 0 Å². The first kappa shape index (κ1) is 20.5. The van der Waals surface area contributed by atoms with Gasteiger partial charge in [-0.05, 0) is 68.7 Å². The van der Waals surface area contributed by atoms with Crippen molar-refractivity contribution in [1.82, 2.24) is 9.47 Å². The number of hydrogen-bond acceptors (Lipinski definition) is 3. The summed E-state index contributed by atoms with van der Waals surface area (Å²) in [4.78, 5) is 17.5. The maximum Gasteiger partial charge on any atom is 0.321 e. The summed E-state index contributed by atoms with van der Waals surface area (Å²) in [5, 5.41) is 3.03. The average molecular weight is 431 g/mol. The number of aryl methyl sites for hydroxylation is 1. The van der Waals surface area contributed by atoms with E-state index in [9.17, 15) is 4.79 Å². The van der Waals surface area contributed by atoms with Crippen molar-refractivity contribution in [2.75, 3.05) is 37.0 Å². The van der Waals surface area contributed by atoms with Gasteiger partial charge in [-0.3, -0.25) is 0 Å². The highest BCUT2D eigenvalue weighted by atomic mass is 16.5. The van der Waals surface area contributed by atoms with E-state index in [1.165, 1.54) is 22.6 Å². The van der Waals surface area contributed by atoms with E-state index < -0.39 is 0 Å². The highest BCUT2D eigenvalue weighted by molar-refractivity contribution is 5.91. The molecule has 6 heteroatoms. The zero-order chi connectivity index (χ0) is 22.3. The van der Waals surface area contributed by atoms with Crippen LogP contribution in [-0.4, -0.2) is 42.2 Å². The first-order valence-electron chi connectivity index (χ1n) is 11.3. The van der Waals surface area contributed by atoms with E-state index >= 15 is 0 Å². The summed E-state index contributed by atoms with van der Waals surface area (Å²) in [6.07, 6.45) is 3.94. The molecule has 0 saturated carbocycles. The number of methoxy groups -OCH3 is 1. The minimum atomic E-state index is -0.111. The molecule has 166 valence electrons. The Balaban J connectivity index is 1.41. The second kappa shape index (κ2) is 7.93. The first-order chi connectivity index (χ1) is 15.6. The third kappa shape index (κ3) is 3.13. The number of nitrogens with one attached hydrogen (secondary N) is 1. The first-order valence-corrected chi connectivity index (χ1v) is 11.3. The maximum atomic E-state index is 13.0. The van der Waals surface area contributed by atoms with Crippen LogP contribution < -0.4 is 15.0 Å². The summed E-state index contributed by atoms with van der Waals surface area (Å²) < 4.78 is 7.72. The van der Waals surface area contributed by atoms with Crippen LogP contribution in [-0.2, 0) is 5.54 Å². The Labute approximate surface area is 189 Å². The summed E-state index contributed by atoms with van der Waals surface area (Å²) in [6.45, 7) is 6.70. The predicted molar refractivity (Wildman–Crippen MR) is 128 cm³/mol. The van der Waals surface area contributed by atoms with Gasteiger partial charge in [0.25, 0.3) is 0 Å². The molecule has 3 heterocycles. The number of ether oxygens (including phenoxy) is 1. The van der Waals surface area contributed by atoms with Crippen LogP contribution in [0, 0.1) is 6.92 Å². The van der Waals surface area contributed by atoms with Gasteiger partial charge in [0.1, 0.15) is 5.75 Å². The van der Waals surface area contributed by atoms with Crippen molar-refractivity contribution >= 4 is 17.4 Å². The van der Waals surface area contributed by atoms with E-state index in [1.807, 2.05) is 29.2 Å². The van der Waals surface area contributed by atoms with Crippen LogP contribution in [0.4, 0.5) is 16.2 Å². The second-order valence-electron chi connectivity index (χ2n) is 8.65. The summed E-state index contributed by atoms with van der Waals surface area (Å²) in [7, 11) is 1.62. The van der Waals surface area contributed by atoms with Crippen molar-refractivity contribution in [3.05, 3.63) is 72.1 Å². The highest BCUT2D eigenvalue weighted by Crippen LogP contribution is 2.48.